The lowest BCUT2D eigenvalue weighted by Crippen LogP contribution is -2.23. The van der Waals surface area contributed by atoms with E-state index >= 15 is 0 Å². The standard InChI is InChI=1S/C20H19N5O3S/c1-13(19(26)21-16-9-5-6-10-17(16)25(27)28)29-20-23-22-18(14-11-12-14)24(20)15-7-3-2-4-8-15/h2-10,13-14H,11-12H2,1H3,(H,21,26). The molecular formula is C20H19N5O3S. The number of carbonyl (C=O) groups excluding carboxylic acids is 1. The third-order valence-corrected chi connectivity index (χ3v) is 5.67. The second-order valence-corrected chi connectivity index (χ2v) is 8.12. The maximum Gasteiger partial charge on any atom is 0.292 e. The fourth-order valence-electron chi connectivity index (χ4n) is 2.97. The Morgan fingerprint density at radius 3 is 2.55 bits per heavy atom. The minimum atomic E-state index is -0.520. The fourth-order valence-corrected chi connectivity index (χ4v) is 3.84. The van der Waals surface area contributed by atoms with E-state index in [0.29, 0.717) is 11.1 Å². The molecule has 0 spiro atoms. The second kappa shape index (κ2) is 8.04. The highest BCUT2D eigenvalue weighted by atomic mass is 32.2. The average molecular weight is 409 g/mol. The molecule has 1 amide bonds. The van der Waals surface area contributed by atoms with Crippen LogP contribution in [0, 0.1) is 10.1 Å². The van der Waals surface area contributed by atoms with Crippen molar-refractivity contribution in [3.63, 3.8) is 0 Å². The van der Waals surface area contributed by atoms with E-state index in [1.54, 1.807) is 19.1 Å². The number of nitro groups is 1. The lowest BCUT2D eigenvalue weighted by atomic mass is 10.2. The molecular weight excluding hydrogens is 390 g/mol. The third-order valence-electron chi connectivity index (χ3n) is 4.63. The van der Waals surface area contributed by atoms with Crippen LogP contribution in [0.3, 0.4) is 0 Å². The van der Waals surface area contributed by atoms with Gasteiger partial charge in [-0.1, -0.05) is 42.1 Å². The van der Waals surface area contributed by atoms with Gasteiger partial charge in [0.1, 0.15) is 11.5 Å². The van der Waals surface area contributed by atoms with Crippen LogP contribution < -0.4 is 5.32 Å². The van der Waals surface area contributed by atoms with E-state index in [-0.39, 0.29) is 17.3 Å². The SMILES string of the molecule is CC(Sc1nnc(C2CC2)n1-c1ccccc1)C(=O)Nc1ccccc1[N+](=O)[O-]. The van der Waals surface area contributed by atoms with Gasteiger partial charge in [-0.3, -0.25) is 19.5 Å². The number of nitrogens with zero attached hydrogens (tertiary/aromatic N) is 4. The van der Waals surface area contributed by atoms with Gasteiger partial charge in [-0.15, -0.1) is 10.2 Å². The number of para-hydroxylation sites is 3. The highest BCUT2D eigenvalue weighted by Gasteiger charge is 2.32. The van der Waals surface area contributed by atoms with Crippen LogP contribution in [-0.4, -0.2) is 30.8 Å². The largest absolute Gasteiger partial charge is 0.319 e. The molecule has 1 aliphatic carbocycles. The molecule has 29 heavy (non-hydrogen) atoms. The number of rotatable bonds is 7. The van der Waals surface area contributed by atoms with E-state index in [1.807, 2.05) is 34.9 Å². The van der Waals surface area contributed by atoms with Crippen molar-refractivity contribution >= 4 is 29.0 Å². The highest BCUT2D eigenvalue weighted by Crippen LogP contribution is 2.41. The molecule has 1 aliphatic rings. The molecule has 0 radical (unpaired) electrons. The van der Waals surface area contributed by atoms with Gasteiger partial charge in [0.25, 0.3) is 5.69 Å². The molecule has 1 aromatic heterocycles. The summed E-state index contributed by atoms with van der Waals surface area (Å²) >= 11 is 1.28. The summed E-state index contributed by atoms with van der Waals surface area (Å²) < 4.78 is 2.00. The molecule has 1 saturated carbocycles. The topological polar surface area (TPSA) is 103 Å². The van der Waals surface area contributed by atoms with Crippen molar-refractivity contribution in [2.45, 2.75) is 36.1 Å². The molecule has 1 atom stereocenters. The Bertz CT molecular complexity index is 1050. The van der Waals surface area contributed by atoms with Crippen molar-refractivity contribution < 1.29 is 9.72 Å². The molecule has 4 rings (SSSR count). The van der Waals surface area contributed by atoms with Gasteiger partial charge >= 0.3 is 0 Å². The van der Waals surface area contributed by atoms with Gasteiger partial charge < -0.3 is 5.32 Å². The van der Waals surface area contributed by atoms with E-state index in [4.69, 9.17) is 0 Å². The Balaban J connectivity index is 1.55. The van der Waals surface area contributed by atoms with Gasteiger partial charge in [0.05, 0.1) is 10.2 Å². The van der Waals surface area contributed by atoms with Crippen LogP contribution in [0.15, 0.2) is 59.8 Å². The second-order valence-electron chi connectivity index (χ2n) is 6.81. The molecule has 8 nitrogen and oxygen atoms in total. The number of aromatic nitrogens is 3. The number of amides is 1. The van der Waals surface area contributed by atoms with Gasteiger partial charge in [-0.25, -0.2) is 0 Å². The van der Waals surface area contributed by atoms with Crippen LogP contribution in [-0.2, 0) is 4.79 Å². The number of nitro benzene ring substituents is 1. The molecule has 3 aromatic rings. The summed E-state index contributed by atoms with van der Waals surface area (Å²) in [5.41, 5.74) is 0.993. The zero-order valence-corrected chi connectivity index (χ0v) is 16.5. The van der Waals surface area contributed by atoms with Crippen LogP contribution in [0.5, 0.6) is 0 Å². The number of hydrogen-bond acceptors (Lipinski definition) is 6. The lowest BCUT2D eigenvalue weighted by Gasteiger charge is -2.14. The van der Waals surface area contributed by atoms with E-state index in [1.165, 1.54) is 23.9 Å². The number of benzene rings is 2. The van der Waals surface area contributed by atoms with Gasteiger partial charge in [0, 0.05) is 17.7 Å². The summed E-state index contributed by atoms with van der Waals surface area (Å²) in [5, 5.41) is 22.6. The monoisotopic (exact) mass is 409 g/mol. The molecule has 0 saturated heterocycles. The first kappa shape index (κ1) is 19.1. The smallest absolute Gasteiger partial charge is 0.292 e. The third kappa shape index (κ3) is 4.14. The summed E-state index contributed by atoms with van der Waals surface area (Å²) in [6, 6.07) is 15.9. The van der Waals surface area contributed by atoms with Gasteiger partial charge in [0.2, 0.25) is 5.91 Å². The van der Waals surface area contributed by atoms with E-state index in [0.717, 1.165) is 24.4 Å². The van der Waals surface area contributed by atoms with Crippen LogP contribution in [0.2, 0.25) is 0 Å². The van der Waals surface area contributed by atoms with Gasteiger partial charge in [-0.2, -0.15) is 0 Å². The zero-order chi connectivity index (χ0) is 20.4. The normalized spacial score (nSPS) is 14.4. The zero-order valence-electron chi connectivity index (χ0n) is 15.7. The van der Waals surface area contributed by atoms with Crippen LogP contribution in [0.25, 0.3) is 5.69 Å². The minimum Gasteiger partial charge on any atom is -0.319 e. The predicted octanol–water partition coefficient (Wildman–Crippen LogP) is 4.17. The predicted molar refractivity (Wildman–Crippen MR) is 110 cm³/mol. The quantitative estimate of drug-likeness (QED) is 0.357. The van der Waals surface area contributed by atoms with Gasteiger partial charge in [-0.05, 0) is 38.0 Å². The number of hydrogen-bond donors (Lipinski definition) is 1. The van der Waals surface area contributed by atoms with E-state index in [2.05, 4.69) is 15.5 Å². The van der Waals surface area contributed by atoms with E-state index in [9.17, 15) is 14.9 Å². The number of carbonyl (C=O) groups is 1. The van der Waals surface area contributed by atoms with Crippen molar-refractivity contribution in [1.29, 1.82) is 0 Å². The first-order valence-electron chi connectivity index (χ1n) is 9.26. The van der Waals surface area contributed by atoms with Crippen LogP contribution in [0.4, 0.5) is 11.4 Å². The van der Waals surface area contributed by atoms with Crippen molar-refractivity contribution in [2.75, 3.05) is 5.32 Å². The number of nitrogens with one attached hydrogen (secondary N) is 1. The van der Waals surface area contributed by atoms with Crippen LogP contribution >= 0.6 is 11.8 Å². The van der Waals surface area contributed by atoms with Crippen molar-refractivity contribution in [2.24, 2.45) is 0 Å². The molecule has 1 N–H and O–H groups in total. The summed E-state index contributed by atoms with van der Waals surface area (Å²) in [5.74, 6) is 0.970. The molecule has 1 unspecified atom stereocenters. The molecule has 9 heteroatoms. The maximum atomic E-state index is 12.7. The summed E-state index contributed by atoms with van der Waals surface area (Å²) in [7, 11) is 0. The van der Waals surface area contributed by atoms with Crippen molar-refractivity contribution in [3.05, 3.63) is 70.5 Å². The summed E-state index contributed by atoms with van der Waals surface area (Å²) in [4.78, 5) is 23.3. The molecule has 148 valence electrons. The first-order chi connectivity index (χ1) is 14.0. The van der Waals surface area contributed by atoms with Gasteiger partial charge in [0.15, 0.2) is 5.16 Å². The number of anilines is 1. The summed E-state index contributed by atoms with van der Waals surface area (Å²) in [6.07, 6.45) is 2.17. The first-order valence-corrected chi connectivity index (χ1v) is 10.1. The molecule has 1 heterocycles. The molecule has 1 fully saturated rings. The Morgan fingerprint density at radius 2 is 1.86 bits per heavy atom. The Labute approximate surface area is 171 Å². The Morgan fingerprint density at radius 1 is 1.17 bits per heavy atom. The van der Waals surface area contributed by atoms with Crippen LogP contribution in [0.1, 0.15) is 31.5 Å². The molecule has 0 bridgehead atoms. The maximum absolute atomic E-state index is 12.7. The summed E-state index contributed by atoms with van der Waals surface area (Å²) in [6.45, 7) is 1.75. The molecule has 0 aliphatic heterocycles. The van der Waals surface area contributed by atoms with E-state index < -0.39 is 10.2 Å². The van der Waals surface area contributed by atoms with Crippen molar-refractivity contribution in [1.82, 2.24) is 14.8 Å². The minimum absolute atomic E-state index is 0.137. The number of thioether (sulfide) groups is 1. The highest BCUT2D eigenvalue weighted by molar-refractivity contribution is 8.00. The Kier molecular flexibility index (Phi) is 5.30. The lowest BCUT2D eigenvalue weighted by molar-refractivity contribution is -0.383. The Hall–Kier alpha value is -3.20. The fraction of sp³-hybridized carbons (Fsp3) is 0.250. The van der Waals surface area contributed by atoms with Crippen molar-refractivity contribution in [3.8, 4) is 5.69 Å². The average Bonchev–Trinajstić information content (AvgIpc) is 3.49. The molecule has 2 aromatic carbocycles.